The summed E-state index contributed by atoms with van der Waals surface area (Å²) >= 11 is 0. The Morgan fingerprint density at radius 2 is 1.87 bits per heavy atom. The first-order valence-electron chi connectivity index (χ1n) is 8.61. The highest BCUT2D eigenvalue weighted by Crippen LogP contribution is 2.14. The van der Waals surface area contributed by atoms with Gasteiger partial charge >= 0.3 is 6.09 Å². The summed E-state index contributed by atoms with van der Waals surface area (Å²) in [5, 5.41) is 0. The topological polar surface area (TPSA) is 71.3 Å². The Kier molecular flexibility index (Phi) is 6.64. The largest absolute Gasteiger partial charge is 0.444 e. The molecule has 1 atom stereocenters. The van der Waals surface area contributed by atoms with Gasteiger partial charge < -0.3 is 20.1 Å². The number of rotatable bonds is 4. The molecule has 7 heteroatoms. The van der Waals surface area contributed by atoms with Crippen molar-refractivity contribution in [3.05, 3.63) is 0 Å². The molecule has 2 rings (SSSR count). The number of morpholine rings is 1. The summed E-state index contributed by atoms with van der Waals surface area (Å²) in [5.74, 6) is 0. The Labute approximate surface area is 139 Å². The monoisotopic (exact) mass is 328 g/mol. The van der Waals surface area contributed by atoms with Crippen LogP contribution in [0.2, 0.25) is 0 Å². The van der Waals surface area contributed by atoms with Gasteiger partial charge in [-0.2, -0.15) is 0 Å². The molecule has 134 valence electrons. The highest BCUT2D eigenvalue weighted by Gasteiger charge is 2.31. The van der Waals surface area contributed by atoms with Crippen LogP contribution in [0.4, 0.5) is 4.79 Å². The van der Waals surface area contributed by atoms with Crippen molar-refractivity contribution < 1.29 is 14.3 Å². The molecule has 1 amide bonds. The van der Waals surface area contributed by atoms with E-state index < -0.39 is 5.60 Å². The molecule has 2 aliphatic heterocycles. The van der Waals surface area contributed by atoms with Crippen LogP contribution in [-0.4, -0.2) is 98.0 Å². The quantitative estimate of drug-likeness (QED) is 0.795. The molecule has 0 aromatic carbocycles. The van der Waals surface area contributed by atoms with Gasteiger partial charge in [0.1, 0.15) is 5.60 Å². The number of piperazine rings is 1. The second-order valence-corrected chi connectivity index (χ2v) is 7.31. The predicted octanol–water partition coefficient (Wildman–Crippen LogP) is 0.199. The van der Waals surface area contributed by atoms with Gasteiger partial charge in [0.05, 0.1) is 13.2 Å². The van der Waals surface area contributed by atoms with Crippen molar-refractivity contribution in [3.8, 4) is 0 Å². The molecule has 23 heavy (non-hydrogen) atoms. The van der Waals surface area contributed by atoms with Crippen LogP contribution in [0, 0.1) is 0 Å². The van der Waals surface area contributed by atoms with Crippen molar-refractivity contribution in [2.24, 2.45) is 5.73 Å². The van der Waals surface area contributed by atoms with Gasteiger partial charge in [0, 0.05) is 58.4 Å². The molecule has 0 radical (unpaired) electrons. The minimum atomic E-state index is -0.456. The maximum Gasteiger partial charge on any atom is 0.410 e. The molecule has 1 unspecified atom stereocenters. The zero-order valence-corrected chi connectivity index (χ0v) is 14.8. The van der Waals surface area contributed by atoms with Crippen LogP contribution in [0.5, 0.6) is 0 Å². The van der Waals surface area contributed by atoms with E-state index in [4.69, 9.17) is 15.2 Å². The molecule has 0 saturated carbocycles. The molecule has 2 saturated heterocycles. The van der Waals surface area contributed by atoms with E-state index in [9.17, 15) is 4.79 Å². The minimum Gasteiger partial charge on any atom is -0.444 e. The molecular formula is C16H32N4O3. The van der Waals surface area contributed by atoms with E-state index in [1.54, 1.807) is 4.90 Å². The van der Waals surface area contributed by atoms with Crippen molar-refractivity contribution in [1.29, 1.82) is 0 Å². The zero-order chi connectivity index (χ0) is 16.9. The van der Waals surface area contributed by atoms with Crippen molar-refractivity contribution in [1.82, 2.24) is 14.7 Å². The number of hydrogen-bond acceptors (Lipinski definition) is 6. The lowest BCUT2D eigenvalue weighted by Gasteiger charge is -2.42. The Morgan fingerprint density at radius 3 is 2.48 bits per heavy atom. The average Bonchev–Trinajstić information content (AvgIpc) is 2.52. The first-order valence-corrected chi connectivity index (χ1v) is 8.61. The first-order chi connectivity index (χ1) is 10.9. The van der Waals surface area contributed by atoms with Gasteiger partial charge in [-0.25, -0.2) is 4.79 Å². The molecule has 2 heterocycles. The van der Waals surface area contributed by atoms with Gasteiger partial charge in [0.2, 0.25) is 0 Å². The van der Waals surface area contributed by atoms with Gasteiger partial charge in [-0.1, -0.05) is 0 Å². The third kappa shape index (κ3) is 5.91. The Hall–Kier alpha value is -0.890. The van der Waals surface area contributed by atoms with Crippen molar-refractivity contribution >= 4 is 6.09 Å². The predicted molar refractivity (Wildman–Crippen MR) is 89.5 cm³/mol. The number of carbonyl (C=O) groups excluding carboxylic acids is 1. The number of nitrogens with zero attached hydrogens (tertiary/aromatic N) is 3. The average molecular weight is 328 g/mol. The van der Waals surface area contributed by atoms with E-state index in [1.807, 2.05) is 20.8 Å². The summed E-state index contributed by atoms with van der Waals surface area (Å²) in [7, 11) is 0. The fourth-order valence-electron chi connectivity index (χ4n) is 3.00. The van der Waals surface area contributed by atoms with Gasteiger partial charge in [0.15, 0.2) is 0 Å². The highest BCUT2D eigenvalue weighted by atomic mass is 16.6. The number of amides is 1. The minimum absolute atomic E-state index is 0.206. The van der Waals surface area contributed by atoms with Crippen molar-refractivity contribution in [2.45, 2.75) is 32.4 Å². The molecule has 2 fully saturated rings. The Morgan fingerprint density at radius 1 is 1.17 bits per heavy atom. The maximum absolute atomic E-state index is 12.2. The number of carbonyl (C=O) groups is 1. The number of ether oxygens (including phenoxy) is 2. The van der Waals surface area contributed by atoms with Crippen LogP contribution >= 0.6 is 0 Å². The molecule has 0 aromatic rings. The van der Waals surface area contributed by atoms with Gasteiger partial charge in [-0.05, 0) is 20.8 Å². The third-order valence-corrected chi connectivity index (χ3v) is 4.34. The Bertz CT molecular complexity index is 380. The third-order valence-electron chi connectivity index (χ3n) is 4.34. The van der Waals surface area contributed by atoms with E-state index in [0.717, 1.165) is 45.9 Å². The highest BCUT2D eigenvalue weighted by molar-refractivity contribution is 5.68. The van der Waals surface area contributed by atoms with E-state index in [2.05, 4.69) is 9.80 Å². The van der Waals surface area contributed by atoms with E-state index in [-0.39, 0.29) is 12.1 Å². The summed E-state index contributed by atoms with van der Waals surface area (Å²) in [6.45, 7) is 14.1. The van der Waals surface area contributed by atoms with Gasteiger partial charge in [-0.15, -0.1) is 0 Å². The van der Waals surface area contributed by atoms with Crippen molar-refractivity contribution in [3.63, 3.8) is 0 Å². The lowest BCUT2D eigenvalue weighted by molar-refractivity contribution is -0.000967. The smallest absolute Gasteiger partial charge is 0.410 e. The molecule has 0 bridgehead atoms. The second kappa shape index (κ2) is 8.28. The summed E-state index contributed by atoms with van der Waals surface area (Å²) in [6.07, 6.45) is -0.233. The molecule has 0 spiro atoms. The van der Waals surface area contributed by atoms with Crippen LogP contribution < -0.4 is 5.73 Å². The van der Waals surface area contributed by atoms with E-state index in [1.165, 1.54) is 0 Å². The van der Waals surface area contributed by atoms with Gasteiger partial charge in [-0.3, -0.25) is 9.80 Å². The van der Waals surface area contributed by atoms with Crippen LogP contribution in [0.25, 0.3) is 0 Å². The van der Waals surface area contributed by atoms with Crippen LogP contribution in [0.15, 0.2) is 0 Å². The molecule has 0 aliphatic carbocycles. The second-order valence-electron chi connectivity index (χ2n) is 7.31. The SMILES string of the molecule is CC(C)(C)OC(=O)N1CCN(CCN2CCOCC2)C(CN)C1. The molecule has 2 N–H and O–H groups in total. The normalized spacial score (nSPS) is 24.7. The summed E-state index contributed by atoms with van der Waals surface area (Å²) in [5.41, 5.74) is 5.48. The first kappa shape index (κ1) is 18.4. The van der Waals surface area contributed by atoms with Crippen molar-refractivity contribution in [2.75, 3.05) is 65.6 Å². The van der Waals surface area contributed by atoms with E-state index >= 15 is 0 Å². The van der Waals surface area contributed by atoms with E-state index in [0.29, 0.717) is 19.6 Å². The van der Waals surface area contributed by atoms with Crippen LogP contribution in [0.1, 0.15) is 20.8 Å². The number of hydrogen-bond donors (Lipinski definition) is 1. The summed E-state index contributed by atoms with van der Waals surface area (Å²) in [6, 6.07) is 0.206. The molecular weight excluding hydrogens is 296 g/mol. The molecule has 2 aliphatic rings. The Balaban J connectivity index is 1.80. The molecule has 7 nitrogen and oxygen atoms in total. The van der Waals surface area contributed by atoms with Crippen LogP contribution in [-0.2, 0) is 9.47 Å². The van der Waals surface area contributed by atoms with Crippen LogP contribution in [0.3, 0.4) is 0 Å². The maximum atomic E-state index is 12.2. The number of nitrogens with two attached hydrogens (primary N) is 1. The fraction of sp³-hybridized carbons (Fsp3) is 0.938. The molecule has 0 aromatic heterocycles. The fourth-order valence-corrected chi connectivity index (χ4v) is 3.00. The van der Waals surface area contributed by atoms with Gasteiger partial charge in [0.25, 0.3) is 0 Å². The summed E-state index contributed by atoms with van der Waals surface area (Å²) < 4.78 is 10.8. The lowest BCUT2D eigenvalue weighted by Crippen LogP contribution is -2.59. The lowest BCUT2D eigenvalue weighted by atomic mass is 10.1. The zero-order valence-electron chi connectivity index (χ0n) is 14.8. The summed E-state index contributed by atoms with van der Waals surface area (Å²) in [4.78, 5) is 18.8. The standard InChI is InChI=1S/C16H32N4O3/c1-16(2,3)23-15(21)20-7-6-19(14(12-17)13-20)5-4-18-8-10-22-11-9-18/h14H,4-13,17H2,1-3H3.